The number of anilines is 1. The predicted octanol–water partition coefficient (Wildman–Crippen LogP) is 3.73. The van der Waals surface area contributed by atoms with Gasteiger partial charge in [-0.05, 0) is 43.2 Å². The van der Waals surface area contributed by atoms with Gasteiger partial charge in [0.25, 0.3) is 0 Å². The lowest BCUT2D eigenvalue weighted by atomic mass is 9.78. The number of hydrogen-bond acceptors (Lipinski definition) is 3. The molecule has 0 bridgehead atoms. The van der Waals surface area contributed by atoms with Crippen molar-refractivity contribution in [2.45, 2.75) is 39.2 Å². The van der Waals surface area contributed by atoms with Gasteiger partial charge in [-0.3, -0.25) is 0 Å². The van der Waals surface area contributed by atoms with E-state index in [-0.39, 0.29) is 5.97 Å². The van der Waals surface area contributed by atoms with Crippen molar-refractivity contribution in [2.75, 3.05) is 19.1 Å². The zero-order chi connectivity index (χ0) is 14.7. The van der Waals surface area contributed by atoms with Crippen molar-refractivity contribution in [1.29, 1.82) is 0 Å². The minimum absolute atomic E-state index is 0.260. The number of esters is 1. The molecule has 0 heterocycles. The highest BCUT2D eigenvalue weighted by molar-refractivity contribution is 5.95. The maximum Gasteiger partial charge on any atom is 0.339 e. The molecule has 0 spiro atoms. The number of hydrogen-bond donors (Lipinski definition) is 0. The van der Waals surface area contributed by atoms with Crippen LogP contribution in [0.4, 0.5) is 5.69 Å². The first-order valence-electron chi connectivity index (χ1n) is 7.44. The molecule has 0 amide bonds. The molecule has 3 heteroatoms. The topological polar surface area (TPSA) is 29.5 Å². The molecule has 3 unspecified atom stereocenters. The van der Waals surface area contributed by atoms with E-state index in [4.69, 9.17) is 4.74 Å². The average molecular weight is 275 g/mol. The van der Waals surface area contributed by atoms with Gasteiger partial charge in [-0.15, -0.1) is 0 Å². The molecule has 3 atom stereocenters. The normalized spacial score (nSPS) is 26.1. The lowest BCUT2D eigenvalue weighted by molar-refractivity contribution is 0.0601. The fraction of sp³-hybridized carbons (Fsp3) is 0.588. The molecule has 1 aromatic carbocycles. The fourth-order valence-corrected chi connectivity index (χ4v) is 3.13. The lowest BCUT2D eigenvalue weighted by Gasteiger charge is -2.39. The number of ether oxygens (including phenoxy) is 1. The van der Waals surface area contributed by atoms with Gasteiger partial charge in [0.2, 0.25) is 0 Å². The largest absolute Gasteiger partial charge is 0.465 e. The summed E-state index contributed by atoms with van der Waals surface area (Å²) in [5, 5.41) is 0. The van der Waals surface area contributed by atoms with Crippen LogP contribution in [-0.2, 0) is 4.74 Å². The highest BCUT2D eigenvalue weighted by Gasteiger charge is 2.28. The molecule has 2 rings (SSSR count). The van der Waals surface area contributed by atoms with Crippen LogP contribution in [-0.4, -0.2) is 26.2 Å². The summed E-state index contributed by atoms with van der Waals surface area (Å²) in [4.78, 5) is 14.1. The van der Waals surface area contributed by atoms with Gasteiger partial charge in [-0.2, -0.15) is 0 Å². The number of rotatable bonds is 3. The molecule has 1 fully saturated rings. The van der Waals surface area contributed by atoms with Crippen molar-refractivity contribution < 1.29 is 9.53 Å². The summed E-state index contributed by atoms with van der Waals surface area (Å²) in [5.41, 5.74) is 1.63. The first-order chi connectivity index (χ1) is 9.54. The minimum Gasteiger partial charge on any atom is -0.465 e. The zero-order valence-electron chi connectivity index (χ0n) is 12.9. The van der Waals surface area contributed by atoms with Gasteiger partial charge in [0.1, 0.15) is 0 Å². The maximum atomic E-state index is 11.9. The van der Waals surface area contributed by atoms with E-state index in [1.165, 1.54) is 26.4 Å². The molecule has 1 aromatic rings. The summed E-state index contributed by atoms with van der Waals surface area (Å²) >= 11 is 0. The van der Waals surface area contributed by atoms with Crippen LogP contribution in [0.3, 0.4) is 0 Å². The minimum atomic E-state index is -0.260. The highest BCUT2D eigenvalue weighted by atomic mass is 16.5. The Morgan fingerprint density at radius 3 is 2.55 bits per heavy atom. The molecule has 110 valence electrons. The Morgan fingerprint density at radius 2 is 1.90 bits per heavy atom. The number of methoxy groups -OCH3 is 1. The Hall–Kier alpha value is -1.51. The number of para-hydroxylation sites is 1. The summed E-state index contributed by atoms with van der Waals surface area (Å²) in [6.07, 6.45) is 3.64. The number of carbonyl (C=O) groups excluding carboxylic acids is 1. The fourth-order valence-electron chi connectivity index (χ4n) is 3.13. The summed E-state index contributed by atoms with van der Waals surface area (Å²) < 4.78 is 4.89. The van der Waals surface area contributed by atoms with E-state index in [9.17, 15) is 4.79 Å². The van der Waals surface area contributed by atoms with E-state index in [1.54, 1.807) is 0 Å². The molecule has 0 saturated heterocycles. The van der Waals surface area contributed by atoms with Crippen LogP contribution in [0.15, 0.2) is 24.3 Å². The van der Waals surface area contributed by atoms with Gasteiger partial charge in [0.05, 0.1) is 18.4 Å². The first kappa shape index (κ1) is 14.9. The Labute approximate surface area is 121 Å². The van der Waals surface area contributed by atoms with Crippen molar-refractivity contribution in [3.63, 3.8) is 0 Å². The van der Waals surface area contributed by atoms with Crippen molar-refractivity contribution in [1.82, 2.24) is 0 Å². The number of benzene rings is 1. The Morgan fingerprint density at radius 1 is 1.20 bits per heavy atom. The molecule has 0 N–H and O–H groups in total. The highest BCUT2D eigenvalue weighted by Crippen LogP contribution is 2.34. The van der Waals surface area contributed by atoms with Crippen LogP contribution in [0, 0.1) is 11.8 Å². The van der Waals surface area contributed by atoms with Crippen LogP contribution in [0.2, 0.25) is 0 Å². The van der Waals surface area contributed by atoms with Crippen LogP contribution in [0.25, 0.3) is 0 Å². The van der Waals surface area contributed by atoms with Crippen LogP contribution < -0.4 is 4.90 Å². The Kier molecular flexibility index (Phi) is 4.69. The zero-order valence-corrected chi connectivity index (χ0v) is 12.9. The van der Waals surface area contributed by atoms with Crippen molar-refractivity contribution in [2.24, 2.45) is 11.8 Å². The third-order valence-corrected chi connectivity index (χ3v) is 4.81. The molecular formula is C17H25NO2. The van der Waals surface area contributed by atoms with E-state index in [0.29, 0.717) is 11.6 Å². The molecule has 20 heavy (non-hydrogen) atoms. The van der Waals surface area contributed by atoms with E-state index in [1.807, 2.05) is 24.3 Å². The Balaban J connectivity index is 2.21. The van der Waals surface area contributed by atoms with Crippen molar-refractivity contribution >= 4 is 11.7 Å². The van der Waals surface area contributed by atoms with E-state index < -0.39 is 0 Å². The van der Waals surface area contributed by atoms with Gasteiger partial charge >= 0.3 is 5.97 Å². The number of carbonyl (C=O) groups is 1. The first-order valence-corrected chi connectivity index (χ1v) is 7.44. The molecule has 1 aliphatic carbocycles. The SMILES string of the molecule is COC(=O)c1ccccc1N(C)C1CCC(C)C(C)C1. The summed E-state index contributed by atoms with van der Waals surface area (Å²) in [6.45, 7) is 4.67. The molecular weight excluding hydrogens is 250 g/mol. The molecule has 3 nitrogen and oxygen atoms in total. The van der Waals surface area contributed by atoms with E-state index in [2.05, 4.69) is 25.8 Å². The molecule has 0 aliphatic heterocycles. The second-order valence-corrected chi connectivity index (χ2v) is 6.04. The quantitative estimate of drug-likeness (QED) is 0.787. The summed E-state index contributed by atoms with van der Waals surface area (Å²) in [5.74, 6) is 1.28. The van der Waals surface area contributed by atoms with Crippen LogP contribution in [0.5, 0.6) is 0 Å². The Bertz CT molecular complexity index is 472. The smallest absolute Gasteiger partial charge is 0.339 e. The summed E-state index contributed by atoms with van der Waals surface area (Å²) in [7, 11) is 3.53. The van der Waals surface area contributed by atoms with E-state index >= 15 is 0 Å². The average Bonchev–Trinajstić information content (AvgIpc) is 2.48. The summed E-state index contributed by atoms with van der Waals surface area (Å²) in [6, 6.07) is 8.22. The van der Waals surface area contributed by atoms with E-state index in [0.717, 1.165) is 17.5 Å². The third kappa shape index (κ3) is 2.97. The standard InChI is InChI=1S/C17H25NO2/c1-12-9-10-14(11-13(12)2)18(3)16-8-6-5-7-15(16)17(19)20-4/h5-8,12-14H,9-11H2,1-4H3. The van der Waals surface area contributed by atoms with Gasteiger partial charge < -0.3 is 9.64 Å². The molecule has 0 radical (unpaired) electrons. The van der Waals surface area contributed by atoms with Crippen LogP contribution in [0.1, 0.15) is 43.5 Å². The van der Waals surface area contributed by atoms with Crippen LogP contribution >= 0.6 is 0 Å². The molecule has 1 saturated carbocycles. The predicted molar refractivity (Wildman–Crippen MR) is 82.2 cm³/mol. The number of nitrogens with zero attached hydrogens (tertiary/aromatic N) is 1. The van der Waals surface area contributed by atoms with Gasteiger partial charge in [0.15, 0.2) is 0 Å². The second kappa shape index (κ2) is 6.29. The van der Waals surface area contributed by atoms with Gasteiger partial charge in [-0.1, -0.05) is 26.0 Å². The second-order valence-electron chi connectivity index (χ2n) is 6.04. The van der Waals surface area contributed by atoms with Gasteiger partial charge in [-0.25, -0.2) is 4.79 Å². The monoisotopic (exact) mass is 275 g/mol. The van der Waals surface area contributed by atoms with Gasteiger partial charge in [0, 0.05) is 13.1 Å². The lowest BCUT2D eigenvalue weighted by Crippen LogP contribution is -2.38. The van der Waals surface area contributed by atoms with Crippen molar-refractivity contribution in [3.8, 4) is 0 Å². The third-order valence-electron chi connectivity index (χ3n) is 4.81. The van der Waals surface area contributed by atoms with Crippen molar-refractivity contribution in [3.05, 3.63) is 29.8 Å². The maximum absolute atomic E-state index is 11.9. The molecule has 0 aromatic heterocycles. The molecule has 1 aliphatic rings.